The number of para-hydroxylation sites is 1. The van der Waals surface area contributed by atoms with Gasteiger partial charge < -0.3 is 10.0 Å². The van der Waals surface area contributed by atoms with Crippen LogP contribution in [-0.2, 0) is 0 Å². The Kier molecular flexibility index (Phi) is 3.70. The molecule has 4 nitrogen and oxygen atoms in total. The van der Waals surface area contributed by atoms with Crippen LogP contribution < -0.4 is 0 Å². The number of hydrogen-bond donors (Lipinski definition) is 1. The van der Waals surface area contributed by atoms with E-state index in [2.05, 4.69) is 34.9 Å². The molecule has 0 saturated carbocycles. The average molecular weight is 271 g/mol. The van der Waals surface area contributed by atoms with Crippen LogP contribution in [0.2, 0.25) is 0 Å². The summed E-state index contributed by atoms with van der Waals surface area (Å²) in [5, 5.41) is 11.8. The van der Waals surface area contributed by atoms with E-state index in [1.807, 2.05) is 24.3 Å². The molecule has 0 spiro atoms. The molecule has 1 N–H and O–H groups in total. The van der Waals surface area contributed by atoms with Crippen LogP contribution in [0.25, 0.3) is 10.9 Å². The van der Waals surface area contributed by atoms with Gasteiger partial charge in [-0.1, -0.05) is 18.2 Å². The van der Waals surface area contributed by atoms with Gasteiger partial charge in [-0.15, -0.1) is 0 Å². The second-order valence-electron chi connectivity index (χ2n) is 5.72. The number of piperazine rings is 1. The number of likely N-dealkylation sites (N-methyl/N-ethyl adjacent to an activating group) is 2. The normalized spacial score (nSPS) is 23.1. The van der Waals surface area contributed by atoms with Crippen LogP contribution in [0.5, 0.6) is 0 Å². The number of nitrogens with zero attached hydrogens (tertiary/aromatic N) is 3. The van der Waals surface area contributed by atoms with Gasteiger partial charge in [-0.2, -0.15) is 0 Å². The Morgan fingerprint density at radius 3 is 2.90 bits per heavy atom. The zero-order valence-electron chi connectivity index (χ0n) is 12.0. The minimum atomic E-state index is -0.500. The van der Waals surface area contributed by atoms with Crippen LogP contribution in [-0.4, -0.2) is 59.7 Å². The Morgan fingerprint density at radius 1 is 1.25 bits per heavy atom. The number of benzene rings is 1. The Balaban J connectivity index is 1.89. The van der Waals surface area contributed by atoms with Gasteiger partial charge in [0.05, 0.1) is 17.7 Å². The smallest absolute Gasteiger partial charge is 0.0972 e. The molecule has 106 valence electrons. The highest BCUT2D eigenvalue weighted by molar-refractivity contribution is 5.78. The first-order valence-electron chi connectivity index (χ1n) is 7.06. The van der Waals surface area contributed by atoms with Gasteiger partial charge in [0.15, 0.2) is 0 Å². The van der Waals surface area contributed by atoms with Crippen molar-refractivity contribution in [1.82, 2.24) is 14.8 Å². The molecular formula is C16H21N3O. The molecule has 2 atom stereocenters. The predicted molar refractivity (Wildman–Crippen MR) is 80.6 cm³/mol. The third-order valence-electron chi connectivity index (χ3n) is 4.22. The zero-order chi connectivity index (χ0) is 14.1. The molecular weight excluding hydrogens is 250 g/mol. The van der Waals surface area contributed by atoms with Crippen molar-refractivity contribution in [3.05, 3.63) is 42.1 Å². The number of hydrogen-bond acceptors (Lipinski definition) is 4. The van der Waals surface area contributed by atoms with Crippen molar-refractivity contribution >= 4 is 10.9 Å². The molecule has 20 heavy (non-hydrogen) atoms. The monoisotopic (exact) mass is 271 g/mol. The lowest BCUT2D eigenvalue weighted by Crippen LogP contribution is -2.52. The van der Waals surface area contributed by atoms with Crippen LogP contribution in [0.15, 0.2) is 36.5 Å². The van der Waals surface area contributed by atoms with Crippen molar-refractivity contribution in [3.63, 3.8) is 0 Å². The van der Waals surface area contributed by atoms with Crippen LogP contribution >= 0.6 is 0 Å². The second-order valence-corrected chi connectivity index (χ2v) is 5.72. The molecule has 3 rings (SSSR count). The van der Waals surface area contributed by atoms with Gasteiger partial charge in [-0.25, -0.2) is 0 Å². The summed E-state index contributed by atoms with van der Waals surface area (Å²) >= 11 is 0. The maximum absolute atomic E-state index is 10.7. The van der Waals surface area contributed by atoms with E-state index in [4.69, 9.17) is 0 Å². The molecule has 4 heteroatoms. The van der Waals surface area contributed by atoms with Crippen LogP contribution in [0.3, 0.4) is 0 Å². The van der Waals surface area contributed by atoms with Gasteiger partial charge in [0.25, 0.3) is 0 Å². The van der Waals surface area contributed by atoms with E-state index in [9.17, 15) is 5.11 Å². The summed E-state index contributed by atoms with van der Waals surface area (Å²) in [5.74, 6) is 0. The number of fused-ring (bicyclic) bond motifs is 1. The van der Waals surface area contributed by atoms with Crippen molar-refractivity contribution in [1.29, 1.82) is 0 Å². The fourth-order valence-electron chi connectivity index (χ4n) is 2.86. The Labute approximate surface area is 119 Å². The second kappa shape index (κ2) is 5.48. The molecule has 1 aromatic carbocycles. The third kappa shape index (κ3) is 2.54. The summed E-state index contributed by atoms with van der Waals surface area (Å²) in [4.78, 5) is 8.95. The van der Waals surface area contributed by atoms with E-state index in [0.29, 0.717) is 0 Å². The van der Waals surface area contributed by atoms with Gasteiger partial charge in [0, 0.05) is 36.8 Å². The Bertz CT molecular complexity index is 601. The molecule has 2 heterocycles. The average Bonchev–Trinajstić information content (AvgIpc) is 2.48. The first kappa shape index (κ1) is 13.5. The quantitative estimate of drug-likeness (QED) is 0.899. The summed E-state index contributed by atoms with van der Waals surface area (Å²) in [6.45, 7) is 2.92. The van der Waals surface area contributed by atoms with Crippen molar-refractivity contribution < 1.29 is 5.11 Å². The highest BCUT2D eigenvalue weighted by atomic mass is 16.3. The predicted octanol–water partition coefficient (Wildman–Crippen LogP) is 1.51. The van der Waals surface area contributed by atoms with E-state index in [1.165, 1.54) is 0 Å². The van der Waals surface area contributed by atoms with Gasteiger partial charge in [-0.05, 0) is 26.2 Å². The Hall–Kier alpha value is -1.49. The van der Waals surface area contributed by atoms with Crippen molar-refractivity contribution in [2.75, 3.05) is 33.7 Å². The minimum absolute atomic E-state index is 0.122. The molecule has 0 aliphatic carbocycles. The fraction of sp³-hybridized carbons (Fsp3) is 0.438. The highest BCUT2D eigenvalue weighted by Crippen LogP contribution is 2.25. The SMILES string of the molecule is CN1CCN(C)C(C(O)c2cnc3ccccc3c2)C1. The van der Waals surface area contributed by atoms with E-state index in [-0.39, 0.29) is 6.04 Å². The van der Waals surface area contributed by atoms with Crippen LogP contribution in [0, 0.1) is 0 Å². The lowest BCUT2D eigenvalue weighted by Gasteiger charge is -2.40. The summed E-state index contributed by atoms with van der Waals surface area (Å²) in [6, 6.07) is 10.2. The largest absolute Gasteiger partial charge is 0.387 e. The number of pyridine rings is 1. The summed E-state index contributed by atoms with van der Waals surface area (Å²) in [7, 11) is 4.18. The number of aromatic nitrogens is 1. The number of rotatable bonds is 2. The number of aliphatic hydroxyl groups is 1. The van der Waals surface area contributed by atoms with Gasteiger partial charge in [-0.3, -0.25) is 9.88 Å². The Morgan fingerprint density at radius 2 is 2.05 bits per heavy atom. The van der Waals surface area contributed by atoms with Crippen molar-refractivity contribution in [2.45, 2.75) is 12.1 Å². The maximum atomic E-state index is 10.7. The van der Waals surface area contributed by atoms with E-state index >= 15 is 0 Å². The summed E-state index contributed by atoms with van der Waals surface area (Å²) in [5.41, 5.74) is 1.87. The maximum Gasteiger partial charge on any atom is 0.0972 e. The van der Waals surface area contributed by atoms with Crippen molar-refractivity contribution in [2.24, 2.45) is 0 Å². The number of aliphatic hydroxyl groups excluding tert-OH is 1. The molecule has 1 aromatic heterocycles. The first-order valence-corrected chi connectivity index (χ1v) is 7.06. The van der Waals surface area contributed by atoms with Gasteiger partial charge in [0.1, 0.15) is 0 Å². The van der Waals surface area contributed by atoms with E-state index < -0.39 is 6.10 Å². The molecule has 1 aliphatic rings. The van der Waals surface area contributed by atoms with Gasteiger partial charge in [0.2, 0.25) is 0 Å². The van der Waals surface area contributed by atoms with Gasteiger partial charge >= 0.3 is 0 Å². The van der Waals surface area contributed by atoms with Crippen LogP contribution in [0.1, 0.15) is 11.7 Å². The molecule has 2 aromatic rings. The lowest BCUT2D eigenvalue weighted by molar-refractivity contribution is 0.0137. The molecule has 1 fully saturated rings. The standard InChI is InChI=1S/C16H21N3O/c1-18-7-8-19(2)15(11-18)16(20)13-9-12-5-3-4-6-14(12)17-10-13/h3-6,9-10,15-16,20H,7-8,11H2,1-2H3. The fourth-order valence-corrected chi connectivity index (χ4v) is 2.86. The third-order valence-corrected chi connectivity index (χ3v) is 4.22. The van der Waals surface area contributed by atoms with E-state index in [0.717, 1.165) is 36.1 Å². The molecule has 1 saturated heterocycles. The molecule has 1 aliphatic heterocycles. The summed E-state index contributed by atoms with van der Waals surface area (Å²) in [6.07, 6.45) is 1.30. The topological polar surface area (TPSA) is 39.6 Å². The van der Waals surface area contributed by atoms with Crippen molar-refractivity contribution in [3.8, 4) is 0 Å². The molecule has 0 amide bonds. The van der Waals surface area contributed by atoms with E-state index in [1.54, 1.807) is 6.20 Å². The summed E-state index contributed by atoms with van der Waals surface area (Å²) < 4.78 is 0. The molecule has 0 bridgehead atoms. The minimum Gasteiger partial charge on any atom is -0.387 e. The zero-order valence-corrected chi connectivity index (χ0v) is 12.0. The van der Waals surface area contributed by atoms with Crippen LogP contribution in [0.4, 0.5) is 0 Å². The molecule has 0 radical (unpaired) electrons. The molecule has 2 unspecified atom stereocenters. The highest BCUT2D eigenvalue weighted by Gasteiger charge is 2.29. The first-order chi connectivity index (χ1) is 9.65. The lowest BCUT2D eigenvalue weighted by atomic mass is 9.99.